The molecular formula is C10H16. The van der Waals surface area contributed by atoms with Crippen molar-refractivity contribution >= 4 is 0 Å². The third-order valence-electron chi connectivity index (χ3n) is 2.83. The quantitative estimate of drug-likeness (QED) is 0.511. The summed E-state index contributed by atoms with van der Waals surface area (Å²) in [6, 6.07) is 0. The largest absolute Gasteiger partial charge is 0.103 e. The molecule has 1 fully saturated rings. The summed E-state index contributed by atoms with van der Waals surface area (Å²) in [6.07, 6.45) is 4.67. The van der Waals surface area contributed by atoms with E-state index in [-0.39, 0.29) is 0 Å². The van der Waals surface area contributed by atoms with Crippen LogP contribution in [-0.4, -0.2) is 0 Å². The van der Waals surface area contributed by atoms with Crippen molar-refractivity contribution in [2.75, 3.05) is 0 Å². The zero-order valence-corrected chi connectivity index (χ0v) is 6.98. The van der Waals surface area contributed by atoms with Crippen molar-refractivity contribution in [3.05, 3.63) is 24.8 Å². The number of hydrogen-bond donors (Lipinski definition) is 0. The highest BCUT2D eigenvalue weighted by Gasteiger charge is 2.39. The smallest absolute Gasteiger partial charge is 0.00838 e. The van der Waals surface area contributed by atoms with E-state index in [1.54, 1.807) is 0 Å². The third kappa shape index (κ3) is 0.920. The van der Waals surface area contributed by atoms with Gasteiger partial charge in [0.15, 0.2) is 0 Å². The number of allylic oxidation sites excluding steroid dienone is 2. The summed E-state index contributed by atoms with van der Waals surface area (Å²) in [5, 5.41) is 0. The lowest BCUT2D eigenvalue weighted by atomic mass is 9.59. The van der Waals surface area contributed by atoms with E-state index in [2.05, 4.69) is 33.1 Å². The highest BCUT2D eigenvalue weighted by Crippen LogP contribution is 2.50. The van der Waals surface area contributed by atoms with E-state index in [4.69, 9.17) is 0 Å². The molecule has 0 aliphatic heterocycles. The zero-order chi connectivity index (χ0) is 7.78. The molecule has 0 radical (unpaired) electrons. The lowest BCUT2D eigenvalue weighted by molar-refractivity contribution is 0.141. The van der Waals surface area contributed by atoms with Gasteiger partial charge in [-0.3, -0.25) is 0 Å². The Bertz CT molecular complexity index is 167. The molecule has 1 aliphatic rings. The van der Waals surface area contributed by atoms with Crippen LogP contribution in [0.25, 0.3) is 0 Å². The fraction of sp³-hybridized carbons (Fsp3) is 0.600. The summed E-state index contributed by atoms with van der Waals surface area (Å²) in [4.78, 5) is 0. The molecule has 1 aliphatic carbocycles. The van der Waals surface area contributed by atoms with Crippen LogP contribution in [0.1, 0.15) is 26.7 Å². The molecule has 0 amide bonds. The Hall–Kier alpha value is -0.520. The second-order valence-electron chi connectivity index (χ2n) is 3.65. The average molecular weight is 136 g/mol. The minimum atomic E-state index is 0.367. The molecule has 0 bridgehead atoms. The molecule has 0 aromatic heterocycles. The second-order valence-corrected chi connectivity index (χ2v) is 3.65. The molecule has 56 valence electrons. The Labute approximate surface area is 63.6 Å². The maximum Gasteiger partial charge on any atom is -0.00838 e. The fourth-order valence-corrected chi connectivity index (χ4v) is 1.80. The molecule has 0 aromatic rings. The van der Waals surface area contributed by atoms with Crippen molar-refractivity contribution in [1.29, 1.82) is 0 Å². The van der Waals surface area contributed by atoms with Gasteiger partial charge in [0.1, 0.15) is 0 Å². The third-order valence-corrected chi connectivity index (χ3v) is 2.83. The van der Waals surface area contributed by atoms with Gasteiger partial charge < -0.3 is 0 Å². The number of hydrogen-bond acceptors (Lipinski definition) is 0. The van der Waals surface area contributed by atoms with Gasteiger partial charge in [-0.1, -0.05) is 25.2 Å². The molecule has 10 heavy (non-hydrogen) atoms. The Balaban J connectivity index is 2.66. The molecule has 0 heterocycles. The van der Waals surface area contributed by atoms with Crippen LogP contribution >= 0.6 is 0 Å². The Morgan fingerprint density at radius 1 is 1.70 bits per heavy atom. The predicted molar refractivity (Wildman–Crippen MR) is 45.8 cm³/mol. The van der Waals surface area contributed by atoms with Gasteiger partial charge in [0.25, 0.3) is 0 Å². The minimum absolute atomic E-state index is 0.367. The van der Waals surface area contributed by atoms with Crippen molar-refractivity contribution in [2.24, 2.45) is 11.3 Å². The molecule has 0 nitrogen and oxygen atoms in total. The molecule has 1 rings (SSSR count). The fourth-order valence-electron chi connectivity index (χ4n) is 1.80. The maximum atomic E-state index is 3.97. The van der Waals surface area contributed by atoms with Gasteiger partial charge in [0, 0.05) is 0 Å². The van der Waals surface area contributed by atoms with Crippen LogP contribution in [0.15, 0.2) is 24.8 Å². The van der Waals surface area contributed by atoms with Crippen LogP contribution in [0.3, 0.4) is 0 Å². The predicted octanol–water partition coefficient (Wildman–Crippen LogP) is 3.16. The van der Waals surface area contributed by atoms with Crippen molar-refractivity contribution in [1.82, 2.24) is 0 Å². The molecule has 0 N–H and O–H groups in total. The summed E-state index contributed by atoms with van der Waals surface area (Å²) in [7, 11) is 0. The lowest BCUT2D eigenvalue weighted by Gasteiger charge is -2.45. The lowest BCUT2D eigenvalue weighted by Crippen LogP contribution is -2.35. The van der Waals surface area contributed by atoms with Crippen LogP contribution in [0.2, 0.25) is 0 Å². The average Bonchev–Trinajstić information content (AvgIpc) is 1.83. The standard InChI is InChI=1S/C10H16/c1-5-10(4)7-6-9(10)8(2)3/h5,9H,1-2,6-7H2,3-4H3/t9-,10-/m1/s1. The minimum Gasteiger partial charge on any atom is -0.103 e. The second kappa shape index (κ2) is 2.26. The normalized spacial score (nSPS) is 38.4. The molecule has 2 atom stereocenters. The van der Waals surface area contributed by atoms with Gasteiger partial charge in [0.2, 0.25) is 0 Å². The Morgan fingerprint density at radius 3 is 2.40 bits per heavy atom. The number of rotatable bonds is 2. The summed E-state index contributed by atoms with van der Waals surface area (Å²) in [6.45, 7) is 12.2. The SMILES string of the molecule is C=C[C@]1(C)CC[C@@H]1C(=C)C. The van der Waals surface area contributed by atoms with E-state index >= 15 is 0 Å². The van der Waals surface area contributed by atoms with Crippen LogP contribution in [-0.2, 0) is 0 Å². The Kier molecular flexibility index (Phi) is 1.72. The zero-order valence-electron chi connectivity index (χ0n) is 6.98. The first-order chi connectivity index (χ1) is 4.60. The Morgan fingerprint density at radius 2 is 2.30 bits per heavy atom. The van der Waals surface area contributed by atoms with Crippen molar-refractivity contribution < 1.29 is 0 Å². The van der Waals surface area contributed by atoms with Gasteiger partial charge in [-0.25, -0.2) is 0 Å². The van der Waals surface area contributed by atoms with Crippen molar-refractivity contribution in [3.63, 3.8) is 0 Å². The molecule has 0 saturated heterocycles. The van der Waals surface area contributed by atoms with Crippen LogP contribution in [0.4, 0.5) is 0 Å². The van der Waals surface area contributed by atoms with Gasteiger partial charge in [-0.2, -0.15) is 0 Å². The summed E-state index contributed by atoms with van der Waals surface area (Å²) in [5.74, 6) is 0.699. The topological polar surface area (TPSA) is 0 Å². The van der Waals surface area contributed by atoms with E-state index in [1.807, 2.05) is 0 Å². The van der Waals surface area contributed by atoms with E-state index in [9.17, 15) is 0 Å². The van der Waals surface area contributed by atoms with Crippen LogP contribution in [0.5, 0.6) is 0 Å². The van der Waals surface area contributed by atoms with Crippen LogP contribution < -0.4 is 0 Å². The van der Waals surface area contributed by atoms with Crippen molar-refractivity contribution in [3.8, 4) is 0 Å². The van der Waals surface area contributed by atoms with Gasteiger partial charge in [-0.05, 0) is 31.1 Å². The first kappa shape index (κ1) is 7.59. The van der Waals surface area contributed by atoms with Crippen LogP contribution in [0, 0.1) is 11.3 Å². The molecule has 0 heteroatoms. The summed E-state index contributed by atoms with van der Waals surface area (Å²) < 4.78 is 0. The first-order valence-corrected chi connectivity index (χ1v) is 3.89. The monoisotopic (exact) mass is 136 g/mol. The maximum absolute atomic E-state index is 3.97. The first-order valence-electron chi connectivity index (χ1n) is 3.89. The van der Waals surface area contributed by atoms with E-state index in [1.165, 1.54) is 18.4 Å². The summed E-state index contributed by atoms with van der Waals surface area (Å²) in [5.41, 5.74) is 1.68. The summed E-state index contributed by atoms with van der Waals surface area (Å²) >= 11 is 0. The van der Waals surface area contributed by atoms with E-state index in [0.717, 1.165) is 0 Å². The molecule has 0 spiro atoms. The highest BCUT2D eigenvalue weighted by atomic mass is 14.4. The molecule has 1 saturated carbocycles. The van der Waals surface area contributed by atoms with Gasteiger partial charge in [0.05, 0.1) is 0 Å². The van der Waals surface area contributed by atoms with Gasteiger partial charge in [-0.15, -0.1) is 6.58 Å². The molecule has 0 unspecified atom stereocenters. The van der Waals surface area contributed by atoms with E-state index in [0.29, 0.717) is 11.3 Å². The van der Waals surface area contributed by atoms with E-state index < -0.39 is 0 Å². The molecular weight excluding hydrogens is 120 g/mol. The highest BCUT2D eigenvalue weighted by molar-refractivity contribution is 5.15. The molecule has 0 aromatic carbocycles. The van der Waals surface area contributed by atoms with Crippen molar-refractivity contribution in [2.45, 2.75) is 26.7 Å². The van der Waals surface area contributed by atoms with Gasteiger partial charge >= 0.3 is 0 Å².